The SMILES string of the molecule is Cc1ccnc(C(C)C)c1-n1c(=O)nc(N2CCN(C(=O)OC(C)(C)C)CC2C)c2cc(Cl)c(-c3cc(Cl)ccc3F)nc21. The maximum absolute atomic E-state index is 15.1. The van der Waals surface area contributed by atoms with Crippen LogP contribution in [0.4, 0.5) is 15.0 Å². The number of rotatable bonds is 4. The Labute approximate surface area is 265 Å². The van der Waals surface area contributed by atoms with Crippen molar-refractivity contribution in [3.05, 3.63) is 74.1 Å². The zero-order valence-corrected chi connectivity index (χ0v) is 27.3. The van der Waals surface area contributed by atoms with Gasteiger partial charge in [0.05, 0.1) is 27.5 Å². The first-order chi connectivity index (χ1) is 20.7. The van der Waals surface area contributed by atoms with Crippen molar-refractivity contribution in [1.82, 2.24) is 24.4 Å². The molecule has 5 rings (SSSR count). The van der Waals surface area contributed by atoms with E-state index in [9.17, 15) is 9.59 Å². The van der Waals surface area contributed by atoms with Gasteiger partial charge in [-0.15, -0.1) is 0 Å². The van der Waals surface area contributed by atoms with Gasteiger partial charge in [0.1, 0.15) is 17.2 Å². The molecular weight excluding hydrogens is 606 g/mol. The van der Waals surface area contributed by atoms with Crippen LogP contribution in [0.3, 0.4) is 0 Å². The van der Waals surface area contributed by atoms with Crippen LogP contribution in [0.15, 0.2) is 41.3 Å². The molecule has 232 valence electrons. The highest BCUT2D eigenvalue weighted by molar-refractivity contribution is 6.34. The number of ether oxygens (including phenoxy) is 1. The lowest BCUT2D eigenvalue weighted by atomic mass is 10.0. The molecule has 0 saturated carbocycles. The van der Waals surface area contributed by atoms with Gasteiger partial charge in [0.15, 0.2) is 5.65 Å². The molecule has 0 aliphatic carbocycles. The topological polar surface area (TPSA) is 93.5 Å². The van der Waals surface area contributed by atoms with Crippen LogP contribution in [0.25, 0.3) is 28.0 Å². The van der Waals surface area contributed by atoms with Gasteiger partial charge < -0.3 is 14.5 Å². The highest BCUT2D eigenvalue weighted by atomic mass is 35.5. The number of aromatic nitrogens is 4. The molecule has 0 bridgehead atoms. The molecule has 9 nitrogen and oxygen atoms in total. The van der Waals surface area contributed by atoms with Gasteiger partial charge in [-0.2, -0.15) is 4.98 Å². The largest absolute Gasteiger partial charge is 0.444 e. The summed E-state index contributed by atoms with van der Waals surface area (Å²) in [7, 11) is 0. The third kappa shape index (κ3) is 6.10. The number of fused-ring (bicyclic) bond motifs is 1. The Balaban J connectivity index is 1.73. The monoisotopic (exact) mass is 640 g/mol. The predicted octanol–water partition coefficient (Wildman–Crippen LogP) is 7.17. The lowest BCUT2D eigenvalue weighted by molar-refractivity contribution is 0.0218. The molecular formula is C32H35Cl2FN6O3. The second-order valence-corrected chi connectivity index (χ2v) is 13.2. The van der Waals surface area contributed by atoms with Crippen LogP contribution in [-0.4, -0.2) is 61.8 Å². The fourth-order valence-electron chi connectivity index (χ4n) is 5.44. The molecule has 4 aromatic rings. The van der Waals surface area contributed by atoms with Gasteiger partial charge in [0, 0.05) is 42.5 Å². The summed E-state index contributed by atoms with van der Waals surface area (Å²) in [6, 6.07) is 7.40. The van der Waals surface area contributed by atoms with Crippen molar-refractivity contribution in [1.29, 1.82) is 0 Å². The molecule has 1 amide bonds. The number of benzene rings is 1. The molecule has 12 heteroatoms. The minimum absolute atomic E-state index is 0.0235. The minimum Gasteiger partial charge on any atom is -0.444 e. The predicted molar refractivity (Wildman–Crippen MR) is 172 cm³/mol. The Morgan fingerprint density at radius 3 is 2.50 bits per heavy atom. The Bertz CT molecular complexity index is 1820. The zero-order chi connectivity index (χ0) is 32.1. The Hall–Kier alpha value is -3.76. The number of halogens is 3. The molecule has 0 spiro atoms. The number of piperazine rings is 1. The first-order valence-corrected chi connectivity index (χ1v) is 15.2. The highest BCUT2D eigenvalue weighted by Crippen LogP contribution is 2.37. The summed E-state index contributed by atoms with van der Waals surface area (Å²) in [6.45, 7) is 14.4. The molecule has 0 N–H and O–H groups in total. The number of aryl methyl sites for hydroxylation is 1. The summed E-state index contributed by atoms with van der Waals surface area (Å²) >= 11 is 13.0. The van der Waals surface area contributed by atoms with Gasteiger partial charge in [0.25, 0.3) is 0 Å². The second kappa shape index (κ2) is 12.0. The summed E-state index contributed by atoms with van der Waals surface area (Å²) in [6.07, 6.45) is 1.30. The zero-order valence-electron chi connectivity index (χ0n) is 25.8. The number of nitrogens with zero attached hydrogens (tertiary/aromatic N) is 6. The van der Waals surface area contributed by atoms with Crippen LogP contribution < -0.4 is 10.6 Å². The van der Waals surface area contributed by atoms with E-state index in [1.165, 1.54) is 22.8 Å². The van der Waals surface area contributed by atoms with Crippen LogP contribution in [0.1, 0.15) is 58.7 Å². The molecule has 0 radical (unpaired) electrons. The van der Waals surface area contributed by atoms with Gasteiger partial charge in [-0.25, -0.2) is 23.5 Å². The van der Waals surface area contributed by atoms with E-state index >= 15 is 4.39 Å². The van der Waals surface area contributed by atoms with E-state index in [4.69, 9.17) is 32.9 Å². The van der Waals surface area contributed by atoms with Crippen molar-refractivity contribution >= 4 is 46.1 Å². The summed E-state index contributed by atoms with van der Waals surface area (Å²) in [5.74, 6) is -0.207. The first kappa shape index (κ1) is 31.7. The fourth-order valence-corrected chi connectivity index (χ4v) is 5.87. The van der Waals surface area contributed by atoms with Crippen LogP contribution in [0.2, 0.25) is 10.0 Å². The van der Waals surface area contributed by atoms with E-state index in [0.717, 1.165) is 5.56 Å². The average molecular weight is 642 g/mol. The van der Waals surface area contributed by atoms with Gasteiger partial charge >= 0.3 is 11.8 Å². The summed E-state index contributed by atoms with van der Waals surface area (Å²) in [5, 5.41) is 0.976. The number of hydrogen-bond donors (Lipinski definition) is 0. The number of hydrogen-bond acceptors (Lipinski definition) is 7. The molecule has 1 aliphatic rings. The van der Waals surface area contributed by atoms with Gasteiger partial charge in [0.2, 0.25) is 0 Å². The maximum Gasteiger partial charge on any atom is 0.410 e. The Kier molecular flexibility index (Phi) is 8.61. The maximum atomic E-state index is 15.1. The van der Waals surface area contributed by atoms with Crippen molar-refractivity contribution in [2.75, 3.05) is 24.5 Å². The van der Waals surface area contributed by atoms with Crippen LogP contribution in [0.5, 0.6) is 0 Å². The number of carbonyl (C=O) groups excluding carboxylic acids is 1. The van der Waals surface area contributed by atoms with Gasteiger partial charge in [-0.1, -0.05) is 37.0 Å². The number of pyridine rings is 2. The quantitative estimate of drug-likeness (QED) is 0.233. The van der Waals surface area contributed by atoms with Gasteiger partial charge in [-0.3, -0.25) is 4.98 Å². The number of carbonyl (C=O) groups is 1. The molecule has 1 aliphatic heterocycles. The average Bonchev–Trinajstić information content (AvgIpc) is 2.93. The van der Waals surface area contributed by atoms with E-state index in [1.54, 1.807) is 17.2 Å². The lowest BCUT2D eigenvalue weighted by Crippen LogP contribution is -2.55. The molecule has 1 fully saturated rings. The van der Waals surface area contributed by atoms with Crippen molar-refractivity contribution in [3.8, 4) is 16.9 Å². The Morgan fingerprint density at radius 1 is 1.11 bits per heavy atom. The van der Waals surface area contributed by atoms with Crippen molar-refractivity contribution < 1.29 is 13.9 Å². The molecule has 1 unspecified atom stereocenters. The van der Waals surface area contributed by atoms with Gasteiger partial charge in [-0.05, 0) is 76.4 Å². The first-order valence-electron chi connectivity index (χ1n) is 14.5. The molecule has 1 aromatic carbocycles. The third-order valence-corrected chi connectivity index (χ3v) is 7.98. The molecule has 3 aromatic heterocycles. The van der Waals surface area contributed by atoms with E-state index in [0.29, 0.717) is 47.2 Å². The van der Waals surface area contributed by atoms with Crippen LogP contribution >= 0.6 is 23.2 Å². The van der Waals surface area contributed by atoms with Crippen molar-refractivity contribution in [3.63, 3.8) is 0 Å². The van der Waals surface area contributed by atoms with Crippen molar-refractivity contribution in [2.24, 2.45) is 0 Å². The number of amides is 1. The Morgan fingerprint density at radius 2 is 1.84 bits per heavy atom. The normalized spacial score (nSPS) is 15.8. The standard InChI is InChI=1S/C32H35Cl2FN6O3/c1-17(2)25-27(18(3)10-11-36-25)41-29-22(15-23(34)26(37-29)21-14-20(33)8-9-24(21)35)28(38-30(41)42)40-13-12-39(16-19(40)4)31(43)44-32(5,6)7/h8-11,14-15,17,19H,12-13,16H2,1-7H3. The third-order valence-electron chi connectivity index (χ3n) is 7.46. The second-order valence-electron chi connectivity index (χ2n) is 12.4. The van der Waals surface area contributed by atoms with Crippen LogP contribution in [0, 0.1) is 12.7 Å². The summed E-state index contributed by atoms with van der Waals surface area (Å²) in [5.41, 5.74) is 1.35. The smallest absolute Gasteiger partial charge is 0.410 e. The molecule has 44 heavy (non-hydrogen) atoms. The fraction of sp³-hybridized carbons (Fsp3) is 0.406. The van der Waals surface area contributed by atoms with E-state index in [-0.39, 0.29) is 33.9 Å². The van der Waals surface area contributed by atoms with Crippen LogP contribution in [-0.2, 0) is 4.74 Å². The molecule has 1 saturated heterocycles. The molecule has 1 atom stereocenters. The number of anilines is 1. The highest BCUT2D eigenvalue weighted by Gasteiger charge is 2.33. The van der Waals surface area contributed by atoms with E-state index < -0.39 is 23.2 Å². The summed E-state index contributed by atoms with van der Waals surface area (Å²) < 4.78 is 22.1. The van der Waals surface area contributed by atoms with Crippen molar-refractivity contribution in [2.45, 2.75) is 66.0 Å². The van der Waals surface area contributed by atoms with E-state index in [1.807, 2.05) is 59.4 Å². The summed E-state index contributed by atoms with van der Waals surface area (Å²) in [4.78, 5) is 44.5. The lowest BCUT2D eigenvalue weighted by Gasteiger charge is -2.41. The van der Waals surface area contributed by atoms with E-state index in [2.05, 4.69) is 9.97 Å². The molecule has 4 heterocycles. The minimum atomic E-state index is -0.623.